The van der Waals surface area contributed by atoms with Gasteiger partial charge in [0.1, 0.15) is 5.69 Å². The number of nitrogen functional groups attached to an aromatic ring is 1. The van der Waals surface area contributed by atoms with Gasteiger partial charge in [-0.25, -0.2) is 9.97 Å². The number of hydrogen-bond acceptors (Lipinski definition) is 4. The molecular weight excluding hydrogens is 265 g/mol. The smallest absolute Gasteiger partial charge is 0.191 e. The fourth-order valence-electron chi connectivity index (χ4n) is 1.06. The summed E-state index contributed by atoms with van der Waals surface area (Å²) in [5.74, 6) is 0. The van der Waals surface area contributed by atoms with Crippen LogP contribution in [-0.4, -0.2) is 14.7 Å². The molecule has 0 unspecified atom stereocenters. The number of hydrogen-bond donors (Lipinski definition) is 1. The van der Waals surface area contributed by atoms with E-state index in [1.165, 1.54) is 0 Å². The second-order valence-corrected chi connectivity index (χ2v) is 6.03. The SMILES string of the molecule is CCC(C)(CC)Sc1nc(Cl)c(N)c(Cl)n1. The first kappa shape index (κ1) is 13.9. The van der Waals surface area contributed by atoms with E-state index in [9.17, 15) is 0 Å². The number of anilines is 1. The summed E-state index contributed by atoms with van der Waals surface area (Å²) in [6.45, 7) is 6.44. The summed E-state index contributed by atoms with van der Waals surface area (Å²) in [4.78, 5) is 8.24. The molecular formula is C10H15Cl2N3S. The minimum absolute atomic E-state index is 0.1000. The van der Waals surface area contributed by atoms with Crippen LogP contribution in [0.5, 0.6) is 0 Å². The van der Waals surface area contributed by atoms with Crippen LogP contribution in [0.2, 0.25) is 10.3 Å². The summed E-state index contributed by atoms with van der Waals surface area (Å²) in [6, 6.07) is 0. The highest BCUT2D eigenvalue weighted by Gasteiger charge is 2.23. The average molecular weight is 280 g/mol. The van der Waals surface area contributed by atoms with E-state index in [0.29, 0.717) is 5.16 Å². The predicted octanol–water partition coefficient (Wildman–Crippen LogP) is 4.04. The zero-order valence-electron chi connectivity index (χ0n) is 9.55. The molecule has 0 aliphatic heterocycles. The molecule has 1 aromatic rings. The van der Waals surface area contributed by atoms with Crippen molar-refractivity contribution in [3.8, 4) is 0 Å². The molecule has 0 aliphatic rings. The molecule has 90 valence electrons. The van der Waals surface area contributed by atoms with Crippen molar-refractivity contribution in [2.75, 3.05) is 5.73 Å². The zero-order chi connectivity index (χ0) is 12.3. The minimum atomic E-state index is 0.1000. The van der Waals surface area contributed by atoms with Crippen LogP contribution < -0.4 is 5.73 Å². The largest absolute Gasteiger partial charge is 0.394 e. The fourth-order valence-corrected chi connectivity index (χ4v) is 2.55. The maximum atomic E-state index is 5.86. The van der Waals surface area contributed by atoms with Gasteiger partial charge in [-0.2, -0.15) is 0 Å². The van der Waals surface area contributed by atoms with Crippen LogP contribution in [0.3, 0.4) is 0 Å². The molecule has 0 atom stereocenters. The number of aromatic nitrogens is 2. The normalized spacial score (nSPS) is 11.8. The Balaban J connectivity index is 2.98. The third-order valence-corrected chi connectivity index (χ3v) is 4.68. The van der Waals surface area contributed by atoms with Crippen molar-refractivity contribution in [2.45, 2.75) is 43.5 Å². The van der Waals surface area contributed by atoms with Gasteiger partial charge in [-0.15, -0.1) is 0 Å². The first-order valence-electron chi connectivity index (χ1n) is 5.09. The molecule has 1 heterocycles. The molecule has 0 radical (unpaired) electrons. The van der Waals surface area contributed by atoms with Crippen LogP contribution >= 0.6 is 35.0 Å². The van der Waals surface area contributed by atoms with Gasteiger partial charge < -0.3 is 5.73 Å². The van der Waals surface area contributed by atoms with Gasteiger partial charge in [0.15, 0.2) is 15.5 Å². The molecule has 0 aromatic carbocycles. The summed E-state index contributed by atoms with van der Waals surface area (Å²) in [7, 11) is 0. The van der Waals surface area contributed by atoms with E-state index in [1.807, 2.05) is 0 Å². The Morgan fingerprint density at radius 1 is 1.19 bits per heavy atom. The Morgan fingerprint density at radius 2 is 1.62 bits per heavy atom. The average Bonchev–Trinajstić information content (AvgIpc) is 2.25. The lowest BCUT2D eigenvalue weighted by atomic mass is 10.1. The molecule has 1 rings (SSSR count). The third kappa shape index (κ3) is 3.15. The Kier molecular flexibility index (Phi) is 4.71. The Labute approximate surface area is 110 Å². The summed E-state index contributed by atoms with van der Waals surface area (Å²) in [6.07, 6.45) is 2.05. The van der Waals surface area contributed by atoms with E-state index in [1.54, 1.807) is 11.8 Å². The highest BCUT2D eigenvalue weighted by atomic mass is 35.5. The highest BCUT2D eigenvalue weighted by molar-refractivity contribution is 8.00. The van der Waals surface area contributed by atoms with Crippen molar-refractivity contribution < 1.29 is 0 Å². The van der Waals surface area contributed by atoms with Gasteiger partial charge in [0.2, 0.25) is 0 Å². The first-order chi connectivity index (χ1) is 7.41. The molecule has 3 nitrogen and oxygen atoms in total. The van der Waals surface area contributed by atoms with E-state index in [-0.39, 0.29) is 20.7 Å². The number of halogens is 2. The monoisotopic (exact) mass is 279 g/mol. The molecule has 0 saturated heterocycles. The molecule has 0 saturated carbocycles. The van der Waals surface area contributed by atoms with Crippen molar-refractivity contribution in [2.24, 2.45) is 0 Å². The quantitative estimate of drug-likeness (QED) is 0.514. The highest BCUT2D eigenvalue weighted by Crippen LogP contribution is 2.38. The van der Waals surface area contributed by atoms with Crippen molar-refractivity contribution in [3.63, 3.8) is 0 Å². The van der Waals surface area contributed by atoms with Crippen molar-refractivity contribution in [1.82, 2.24) is 9.97 Å². The van der Waals surface area contributed by atoms with Crippen molar-refractivity contribution >= 4 is 40.7 Å². The Bertz CT molecular complexity index is 357. The molecule has 0 spiro atoms. The molecule has 2 N–H and O–H groups in total. The summed E-state index contributed by atoms with van der Waals surface area (Å²) >= 11 is 13.3. The van der Waals surface area contributed by atoms with Crippen LogP contribution in [0.15, 0.2) is 5.16 Å². The first-order valence-corrected chi connectivity index (χ1v) is 6.66. The number of nitrogens with zero attached hydrogens (tertiary/aromatic N) is 2. The van der Waals surface area contributed by atoms with Crippen LogP contribution in [0.1, 0.15) is 33.6 Å². The lowest BCUT2D eigenvalue weighted by molar-refractivity contribution is 0.597. The zero-order valence-corrected chi connectivity index (χ0v) is 11.9. The molecule has 0 fully saturated rings. The Morgan fingerprint density at radius 3 is 2.00 bits per heavy atom. The van der Waals surface area contributed by atoms with Gasteiger partial charge in [0, 0.05) is 4.75 Å². The molecule has 16 heavy (non-hydrogen) atoms. The predicted molar refractivity (Wildman–Crippen MR) is 71.3 cm³/mol. The molecule has 0 amide bonds. The third-order valence-electron chi connectivity index (χ3n) is 2.67. The lowest BCUT2D eigenvalue weighted by Crippen LogP contribution is -2.17. The van der Waals surface area contributed by atoms with Crippen molar-refractivity contribution in [1.29, 1.82) is 0 Å². The van der Waals surface area contributed by atoms with E-state index in [4.69, 9.17) is 28.9 Å². The van der Waals surface area contributed by atoms with Crippen LogP contribution in [-0.2, 0) is 0 Å². The standard InChI is InChI=1S/C10H15Cl2N3S/c1-4-10(3,5-2)16-9-14-7(11)6(13)8(12)15-9/h4-5,13H2,1-3H3. The second-order valence-electron chi connectivity index (χ2n) is 3.76. The van der Waals surface area contributed by atoms with Gasteiger partial charge in [-0.3, -0.25) is 0 Å². The van der Waals surface area contributed by atoms with Crippen LogP contribution in [0.25, 0.3) is 0 Å². The van der Waals surface area contributed by atoms with Crippen LogP contribution in [0, 0.1) is 0 Å². The Hall–Kier alpha value is -0.190. The molecule has 1 aromatic heterocycles. The van der Waals surface area contributed by atoms with Gasteiger partial charge in [0.05, 0.1) is 0 Å². The van der Waals surface area contributed by atoms with Gasteiger partial charge in [-0.05, 0) is 19.8 Å². The molecule has 0 bridgehead atoms. The van der Waals surface area contributed by atoms with Crippen molar-refractivity contribution in [3.05, 3.63) is 10.3 Å². The number of rotatable bonds is 4. The van der Waals surface area contributed by atoms with Gasteiger partial charge in [-0.1, -0.05) is 48.8 Å². The van der Waals surface area contributed by atoms with Gasteiger partial charge >= 0.3 is 0 Å². The lowest BCUT2D eigenvalue weighted by Gasteiger charge is -2.24. The summed E-state index contributed by atoms with van der Waals surface area (Å²) in [5, 5.41) is 1.02. The van der Waals surface area contributed by atoms with Crippen LogP contribution in [0.4, 0.5) is 5.69 Å². The fraction of sp³-hybridized carbons (Fsp3) is 0.600. The maximum Gasteiger partial charge on any atom is 0.191 e. The van der Waals surface area contributed by atoms with E-state index in [2.05, 4.69) is 30.7 Å². The second kappa shape index (κ2) is 5.43. The number of nitrogens with two attached hydrogens (primary N) is 1. The van der Waals surface area contributed by atoms with Gasteiger partial charge in [0.25, 0.3) is 0 Å². The van der Waals surface area contributed by atoms with E-state index >= 15 is 0 Å². The number of thioether (sulfide) groups is 1. The maximum absolute atomic E-state index is 5.86. The topological polar surface area (TPSA) is 51.8 Å². The minimum Gasteiger partial charge on any atom is -0.394 e. The van der Waals surface area contributed by atoms with E-state index in [0.717, 1.165) is 12.8 Å². The molecule has 6 heteroatoms. The summed E-state index contributed by atoms with van der Waals surface area (Å²) in [5.41, 5.74) is 5.82. The van der Waals surface area contributed by atoms with E-state index < -0.39 is 0 Å². The molecule has 0 aliphatic carbocycles. The summed E-state index contributed by atoms with van der Waals surface area (Å²) < 4.78 is 0.1000.